The summed E-state index contributed by atoms with van der Waals surface area (Å²) in [7, 11) is 0. The molecule has 0 aliphatic carbocycles. The fraction of sp³-hybridized carbons (Fsp3) is 0.263. The Morgan fingerprint density at radius 1 is 1.19 bits per heavy atom. The zero-order valence-corrected chi connectivity index (χ0v) is 12.8. The van der Waals surface area contributed by atoms with Crippen LogP contribution in [0.5, 0.6) is 0 Å². The molecule has 1 nitrogen and oxygen atoms in total. The van der Waals surface area contributed by atoms with Gasteiger partial charge in [0.1, 0.15) is 5.82 Å². The molecule has 2 rings (SSSR count). The molecule has 1 N–H and O–H groups in total. The van der Waals surface area contributed by atoms with Gasteiger partial charge in [0.15, 0.2) is 0 Å². The molecule has 2 heteroatoms. The third-order valence-corrected chi connectivity index (χ3v) is 3.80. The molecule has 0 saturated heterocycles. The standard InChI is InChI=1S/C19H21FO/c1-5-6-17-12(2)11-13(3)18(14(4)21)19(17)15-7-9-16(20)10-8-15/h5,7-11,14,21H,1,6H2,2-4H3. The largest absolute Gasteiger partial charge is 0.389 e. The number of allylic oxidation sites excluding steroid dienone is 1. The molecule has 0 saturated carbocycles. The van der Waals surface area contributed by atoms with Crippen molar-refractivity contribution in [2.24, 2.45) is 0 Å². The molecule has 0 aliphatic heterocycles. The molecule has 1 atom stereocenters. The molecule has 110 valence electrons. The topological polar surface area (TPSA) is 20.2 Å². The minimum absolute atomic E-state index is 0.257. The van der Waals surface area contributed by atoms with Crippen LogP contribution in [-0.2, 0) is 6.42 Å². The Morgan fingerprint density at radius 2 is 1.81 bits per heavy atom. The molecule has 1 unspecified atom stereocenters. The van der Waals surface area contributed by atoms with Gasteiger partial charge in [0.25, 0.3) is 0 Å². The van der Waals surface area contributed by atoms with Gasteiger partial charge in [0.05, 0.1) is 6.10 Å². The lowest BCUT2D eigenvalue weighted by molar-refractivity contribution is 0.199. The predicted octanol–water partition coefficient (Wildman–Crippen LogP) is 4.89. The average molecular weight is 284 g/mol. The van der Waals surface area contributed by atoms with Crippen LogP contribution in [0.1, 0.15) is 35.3 Å². The van der Waals surface area contributed by atoms with Gasteiger partial charge in [-0.15, -0.1) is 6.58 Å². The second-order valence-corrected chi connectivity index (χ2v) is 5.45. The molecule has 0 bridgehead atoms. The van der Waals surface area contributed by atoms with Crippen molar-refractivity contribution in [1.82, 2.24) is 0 Å². The maximum atomic E-state index is 13.2. The molecule has 0 radical (unpaired) electrons. The van der Waals surface area contributed by atoms with E-state index in [4.69, 9.17) is 0 Å². The zero-order valence-electron chi connectivity index (χ0n) is 12.8. The lowest BCUT2D eigenvalue weighted by Gasteiger charge is -2.21. The van der Waals surface area contributed by atoms with E-state index in [2.05, 4.69) is 19.6 Å². The van der Waals surface area contributed by atoms with Crippen LogP contribution < -0.4 is 0 Å². The first-order valence-electron chi connectivity index (χ1n) is 7.13. The van der Waals surface area contributed by atoms with E-state index in [1.165, 1.54) is 12.1 Å². The van der Waals surface area contributed by atoms with Crippen molar-refractivity contribution in [3.05, 3.63) is 71.1 Å². The molecular weight excluding hydrogens is 263 g/mol. The van der Waals surface area contributed by atoms with Crippen LogP contribution in [0.2, 0.25) is 0 Å². The minimum Gasteiger partial charge on any atom is -0.389 e. The van der Waals surface area contributed by atoms with Gasteiger partial charge >= 0.3 is 0 Å². The van der Waals surface area contributed by atoms with Gasteiger partial charge in [0.2, 0.25) is 0 Å². The van der Waals surface area contributed by atoms with Crippen molar-refractivity contribution in [2.45, 2.75) is 33.3 Å². The van der Waals surface area contributed by atoms with E-state index in [0.717, 1.165) is 39.8 Å². The fourth-order valence-electron chi connectivity index (χ4n) is 2.94. The Labute approximate surface area is 125 Å². The molecule has 0 amide bonds. The van der Waals surface area contributed by atoms with E-state index in [9.17, 15) is 9.50 Å². The molecule has 0 aromatic heterocycles. The number of aliphatic hydroxyl groups excluding tert-OH is 1. The van der Waals surface area contributed by atoms with Crippen molar-refractivity contribution >= 4 is 0 Å². The molecule has 0 aliphatic rings. The minimum atomic E-state index is -0.575. The summed E-state index contributed by atoms with van der Waals surface area (Å²) in [6.07, 6.45) is 2.00. The average Bonchev–Trinajstić information content (AvgIpc) is 2.42. The van der Waals surface area contributed by atoms with Crippen LogP contribution in [0.4, 0.5) is 4.39 Å². The molecule has 2 aromatic carbocycles. The van der Waals surface area contributed by atoms with Gasteiger partial charge in [-0.3, -0.25) is 0 Å². The lowest BCUT2D eigenvalue weighted by atomic mass is 9.85. The predicted molar refractivity (Wildman–Crippen MR) is 85.8 cm³/mol. The van der Waals surface area contributed by atoms with Gasteiger partial charge < -0.3 is 5.11 Å². The second kappa shape index (κ2) is 6.23. The molecule has 0 fully saturated rings. The highest BCUT2D eigenvalue weighted by molar-refractivity contribution is 5.74. The van der Waals surface area contributed by atoms with Crippen molar-refractivity contribution in [3.8, 4) is 11.1 Å². The molecule has 21 heavy (non-hydrogen) atoms. The summed E-state index contributed by atoms with van der Waals surface area (Å²) >= 11 is 0. The second-order valence-electron chi connectivity index (χ2n) is 5.45. The summed E-state index contributed by atoms with van der Waals surface area (Å²) in [5.41, 5.74) is 6.19. The third-order valence-electron chi connectivity index (χ3n) is 3.80. The highest BCUT2D eigenvalue weighted by atomic mass is 19.1. The smallest absolute Gasteiger partial charge is 0.123 e. The molecular formula is C19H21FO. The van der Waals surface area contributed by atoms with E-state index in [0.29, 0.717) is 0 Å². The summed E-state index contributed by atoms with van der Waals surface area (Å²) in [6, 6.07) is 8.53. The number of aryl methyl sites for hydroxylation is 2. The summed E-state index contributed by atoms with van der Waals surface area (Å²) in [6.45, 7) is 9.65. The molecule has 0 spiro atoms. The Hall–Kier alpha value is -1.93. The first-order valence-corrected chi connectivity index (χ1v) is 7.13. The van der Waals surface area contributed by atoms with Crippen LogP contribution >= 0.6 is 0 Å². The van der Waals surface area contributed by atoms with Crippen LogP contribution in [0.3, 0.4) is 0 Å². The Bertz CT molecular complexity index is 654. The first-order chi connectivity index (χ1) is 9.95. The monoisotopic (exact) mass is 284 g/mol. The SMILES string of the molecule is C=CCc1c(C)cc(C)c(C(C)O)c1-c1ccc(F)cc1. The van der Waals surface area contributed by atoms with Gasteiger partial charge in [-0.25, -0.2) is 4.39 Å². The van der Waals surface area contributed by atoms with E-state index >= 15 is 0 Å². The van der Waals surface area contributed by atoms with Crippen molar-refractivity contribution in [2.75, 3.05) is 0 Å². The number of hydrogen-bond donors (Lipinski definition) is 1. The van der Waals surface area contributed by atoms with E-state index in [1.807, 2.05) is 13.0 Å². The van der Waals surface area contributed by atoms with E-state index in [1.54, 1.807) is 19.1 Å². The third kappa shape index (κ3) is 3.06. The van der Waals surface area contributed by atoms with Gasteiger partial charge in [-0.05, 0) is 72.7 Å². The summed E-state index contributed by atoms with van der Waals surface area (Å²) in [5, 5.41) is 10.2. The van der Waals surface area contributed by atoms with Crippen molar-refractivity contribution in [3.63, 3.8) is 0 Å². The number of rotatable bonds is 4. The summed E-state index contributed by atoms with van der Waals surface area (Å²) in [5.74, 6) is -0.257. The number of benzene rings is 2. The van der Waals surface area contributed by atoms with Crippen LogP contribution in [-0.4, -0.2) is 5.11 Å². The Balaban J connectivity index is 2.80. The van der Waals surface area contributed by atoms with E-state index < -0.39 is 6.10 Å². The number of halogens is 1. The highest BCUT2D eigenvalue weighted by Crippen LogP contribution is 2.36. The summed E-state index contributed by atoms with van der Waals surface area (Å²) < 4.78 is 13.2. The maximum absolute atomic E-state index is 13.2. The lowest BCUT2D eigenvalue weighted by Crippen LogP contribution is -2.05. The van der Waals surface area contributed by atoms with Crippen LogP contribution in [0.25, 0.3) is 11.1 Å². The number of hydrogen-bond acceptors (Lipinski definition) is 1. The molecule has 0 heterocycles. The molecule has 2 aromatic rings. The van der Waals surface area contributed by atoms with Gasteiger partial charge in [0, 0.05) is 0 Å². The maximum Gasteiger partial charge on any atom is 0.123 e. The Kier molecular flexibility index (Phi) is 4.59. The van der Waals surface area contributed by atoms with Crippen molar-refractivity contribution < 1.29 is 9.50 Å². The van der Waals surface area contributed by atoms with E-state index in [-0.39, 0.29) is 5.82 Å². The normalized spacial score (nSPS) is 12.2. The Morgan fingerprint density at radius 3 is 2.33 bits per heavy atom. The first kappa shape index (κ1) is 15.5. The van der Waals surface area contributed by atoms with Crippen LogP contribution in [0.15, 0.2) is 43.0 Å². The van der Waals surface area contributed by atoms with Crippen LogP contribution in [0, 0.1) is 19.7 Å². The van der Waals surface area contributed by atoms with Gasteiger partial charge in [-0.1, -0.05) is 24.3 Å². The van der Waals surface area contributed by atoms with Crippen molar-refractivity contribution in [1.29, 1.82) is 0 Å². The van der Waals surface area contributed by atoms with Gasteiger partial charge in [-0.2, -0.15) is 0 Å². The quantitative estimate of drug-likeness (QED) is 0.792. The highest BCUT2D eigenvalue weighted by Gasteiger charge is 2.18. The number of aliphatic hydroxyl groups is 1. The fourth-order valence-corrected chi connectivity index (χ4v) is 2.94. The zero-order chi connectivity index (χ0) is 15.6. The summed E-state index contributed by atoms with van der Waals surface area (Å²) in [4.78, 5) is 0.